The predicted octanol–water partition coefficient (Wildman–Crippen LogP) is 4.66. The number of amides is 1. The molecule has 0 saturated carbocycles. The Morgan fingerprint density at radius 2 is 1.71 bits per heavy atom. The molecule has 0 unspecified atom stereocenters. The van der Waals surface area contributed by atoms with Crippen molar-refractivity contribution in [3.05, 3.63) is 99.1 Å². The zero-order chi connectivity index (χ0) is 24.8. The van der Waals surface area contributed by atoms with E-state index in [9.17, 15) is 14.9 Å². The lowest BCUT2D eigenvalue weighted by Crippen LogP contribution is -2.52. The number of anilines is 1. The first-order valence-corrected chi connectivity index (χ1v) is 11.8. The van der Waals surface area contributed by atoms with Crippen LogP contribution in [0, 0.1) is 10.1 Å². The maximum Gasteiger partial charge on any atom is 0.271 e. The number of rotatable bonds is 6. The van der Waals surface area contributed by atoms with Gasteiger partial charge in [0.2, 0.25) is 0 Å². The molecule has 1 heterocycles. The van der Waals surface area contributed by atoms with Gasteiger partial charge < -0.3 is 14.5 Å². The minimum Gasteiger partial charge on any atom is -0.489 e. The van der Waals surface area contributed by atoms with Gasteiger partial charge in [-0.15, -0.1) is 0 Å². The number of hydrogen-bond donors (Lipinski definition) is 1. The molecule has 180 valence electrons. The fourth-order valence-electron chi connectivity index (χ4n) is 3.71. The average molecular weight is 511 g/mol. The SMILES string of the molecule is O=C(NC(=S)N1CCN(c2ccc([N+](=O)[O-])cc2Cl)CC1)c1ccc(OCc2ccccc2)cc1. The summed E-state index contributed by atoms with van der Waals surface area (Å²) in [6.07, 6.45) is 0. The highest BCUT2D eigenvalue weighted by Gasteiger charge is 2.23. The van der Waals surface area contributed by atoms with Crippen LogP contribution in [-0.4, -0.2) is 47.0 Å². The van der Waals surface area contributed by atoms with Crippen molar-refractivity contribution in [1.82, 2.24) is 10.2 Å². The summed E-state index contributed by atoms with van der Waals surface area (Å²) in [7, 11) is 0. The van der Waals surface area contributed by atoms with Gasteiger partial charge in [-0.1, -0.05) is 41.9 Å². The average Bonchev–Trinajstić information content (AvgIpc) is 2.88. The highest BCUT2D eigenvalue weighted by Crippen LogP contribution is 2.30. The maximum absolute atomic E-state index is 12.7. The summed E-state index contributed by atoms with van der Waals surface area (Å²) in [5.74, 6) is 0.388. The molecule has 4 rings (SSSR count). The molecule has 0 aromatic heterocycles. The second kappa shape index (κ2) is 11.2. The molecule has 1 fully saturated rings. The number of halogens is 1. The van der Waals surface area contributed by atoms with Gasteiger partial charge in [0, 0.05) is 43.9 Å². The molecule has 0 bridgehead atoms. The third-order valence-corrected chi connectivity index (χ3v) is 6.30. The fourth-order valence-corrected chi connectivity index (χ4v) is 4.28. The molecular weight excluding hydrogens is 488 g/mol. The molecule has 0 radical (unpaired) electrons. The molecule has 0 aliphatic carbocycles. The van der Waals surface area contributed by atoms with Crippen molar-refractivity contribution in [3.8, 4) is 5.75 Å². The molecule has 0 atom stereocenters. The summed E-state index contributed by atoms with van der Waals surface area (Å²) in [5.41, 5.74) is 2.24. The third kappa shape index (κ3) is 6.26. The van der Waals surface area contributed by atoms with E-state index >= 15 is 0 Å². The van der Waals surface area contributed by atoms with Crippen LogP contribution in [0.25, 0.3) is 0 Å². The number of thiocarbonyl (C=S) groups is 1. The molecule has 1 saturated heterocycles. The number of nitro benzene ring substituents is 1. The van der Waals surface area contributed by atoms with E-state index in [4.69, 9.17) is 28.6 Å². The Labute approximate surface area is 213 Å². The first kappa shape index (κ1) is 24.4. The van der Waals surface area contributed by atoms with Crippen molar-refractivity contribution in [3.63, 3.8) is 0 Å². The molecule has 3 aromatic carbocycles. The Hall–Kier alpha value is -3.69. The van der Waals surface area contributed by atoms with Crippen LogP contribution in [-0.2, 0) is 6.61 Å². The number of ether oxygens (including phenoxy) is 1. The molecule has 8 nitrogen and oxygen atoms in total. The molecule has 0 spiro atoms. The number of nitrogens with one attached hydrogen (secondary N) is 1. The Morgan fingerprint density at radius 1 is 1.03 bits per heavy atom. The van der Waals surface area contributed by atoms with E-state index in [1.54, 1.807) is 30.3 Å². The van der Waals surface area contributed by atoms with E-state index in [0.717, 1.165) is 11.3 Å². The van der Waals surface area contributed by atoms with Gasteiger partial charge in [0.25, 0.3) is 11.6 Å². The number of benzene rings is 3. The molecule has 1 aliphatic heterocycles. The zero-order valence-electron chi connectivity index (χ0n) is 18.7. The van der Waals surface area contributed by atoms with E-state index in [1.165, 1.54) is 12.1 Å². The van der Waals surface area contributed by atoms with Gasteiger partial charge >= 0.3 is 0 Å². The van der Waals surface area contributed by atoms with Crippen LogP contribution in [0.2, 0.25) is 5.02 Å². The van der Waals surface area contributed by atoms with Crippen molar-refractivity contribution in [1.29, 1.82) is 0 Å². The van der Waals surface area contributed by atoms with Crippen molar-refractivity contribution in [2.24, 2.45) is 0 Å². The van der Waals surface area contributed by atoms with Gasteiger partial charge in [0.1, 0.15) is 12.4 Å². The smallest absolute Gasteiger partial charge is 0.271 e. The molecule has 1 N–H and O–H groups in total. The molecule has 1 aliphatic rings. The highest BCUT2D eigenvalue weighted by molar-refractivity contribution is 7.80. The van der Waals surface area contributed by atoms with Crippen LogP contribution < -0.4 is 15.0 Å². The lowest BCUT2D eigenvalue weighted by Gasteiger charge is -2.37. The Morgan fingerprint density at radius 3 is 2.34 bits per heavy atom. The van der Waals surface area contributed by atoms with E-state index in [1.807, 2.05) is 40.1 Å². The van der Waals surface area contributed by atoms with Gasteiger partial charge in [-0.05, 0) is 48.1 Å². The first-order chi connectivity index (χ1) is 16.9. The van der Waals surface area contributed by atoms with Crippen molar-refractivity contribution in [2.45, 2.75) is 6.61 Å². The standard InChI is InChI=1S/C25H23ClN4O4S/c26-22-16-20(30(32)33)8-11-23(22)28-12-14-29(15-13-28)25(35)27-24(31)19-6-9-21(10-7-19)34-17-18-4-2-1-3-5-18/h1-11,16H,12-15,17H2,(H,27,31,35). The molecule has 3 aromatic rings. The first-order valence-electron chi connectivity index (χ1n) is 11.0. The fraction of sp³-hybridized carbons (Fsp3) is 0.200. The van der Waals surface area contributed by atoms with Gasteiger partial charge in [0.05, 0.1) is 15.6 Å². The van der Waals surface area contributed by atoms with E-state index < -0.39 is 4.92 Å². The van der Waals surface area contributed by atoms with Gasteiger partial charge in [0.15, 0.2) is 5.11 Å². The Kier molecular flexibility index (Phi) is 7.79. The van der Waals surface area contributed by atoms with Crippen LogP contribution in [0.4, 0.5) is 11.4 Å². The minimum absolute atomic E-state index is 0.0444. The number of nitrogens with zero attached hydrogens (tertiary/aromatic N) is 3. The topological polar surface area (TPSA) is 88.0 Å². The molecular formula is C25H23ClN4O4S. The van der Waals surface area contributed by atoms with Crippen LogP contribution >= 0.6 is 23.8 Å². The third-order valence-electron chi connectivity index (χ3n) is 5.63. The number of carbonyl (C=O) groups excluding carboxylic acids is 1. The molecule has 35 heavy (non-hydrogen) atoms. The van der Waals surface area contributed by atoms with Gasteiger partial charge in [-0.3, -0.25) is 20.2 Å². The van der Waals surface area contributed by atoms with Crippen molar-refractivity contribution < 1.29 is 14.5 Å². The Balaban J connectivity index is 1.27. The van der Waals surface area contributed by atoms with Crippen LogP contribution in [0.1, 0.15) is 15.9 Å². The number of non-ortho nitro benzene ring substituents is 1. The summed E-state index contributed by atoms with van der Waals surface area (Å²) in [6, 6.07) is 21.2. The summed E-state index contributed by atoms with van der Waals surface area (Å²) in [4.78, 5) is 27.1. The second-order valence-corrected chi connectivity index (χ2v) is 8.72. The predicted molar refractivity (Wildman–Crippen MR) is 139 cm³/mol. The minimum atomic E-state index is -0.472. The quantitative estimate of drug-likeness (QED) is 0.293. The zero-order valence-corrected chi connectivity index (χ0v) is 20.3. The Bertz CT molecular complexity index is 1220. The highest BCUT2D eigenvalue weighted by atomic mass is 35.5. The van der Waals surface area contributed by atoms with E-state index in [0.29, 0.717) is 54.2 Å². The normalized spacial score (nSPS) is 13.3. The molecule has 1 amide bonds. The van der Waals surface area contributed by atoms with E-state index in [-0.39, 0.29) is 11.6 Å². The van der Waals surface area contributed by atoms with Crippen LogP contribution in [0.3, 0.4) is 0 Å². The van der Waals surface area contributed by atoms with Crippen molar-refractivity contribution >= 4 is 46.2 Å². The number of hydrogen-bond acceptors (Lipinski definition) is 6. The van der Waals surface area contributed by atoms with Crippen molar-refractivity contribution in [2.75, 3.05) is 31.1 Å². The van der Waals surface area contributed by atoms with Crippen LogP contribution in [0.5, 0.6) is 5.75 Å². The van der Waals surface area contributed by atoms with E-state index in [2.05, 4.69) is 5.32 Å². The summed E-state index contributed by atoms with van der Waals surface area (Å²) in [6.45, 7) is 2.84. The summed E-state index contributed by atoms with van der Waals surface area (Å²) >= 11 is 11.7. The van der Waals surface area contributed by atoms with Crippen LogP contribution in [0.15, 0.2) is 72.8 Å². The monoisotopic (exact) mass is 510 g/mol. The summed E-state index contributed by atoms with van der Waals surface area (Å²) < 4.78 is 5.76. The van der Waals surface area contributed by atoms with Gasteiger partial charge in [-0.25, -0.2) is 0 Å². The number of nitro groups is 1. The van der Waals surface area contributed by atoms with Gasteiger partial charge in [-0.2, -0.15) is 0 Å². The maximum atomic E-state index is 12.7. The number of piperazine rings is 1. The largest absolute Gasteiger partial charge is 0.489 e. The molecule has 10 heteroatoms. The summed E-state index contributed by atoms with van der Waals surface area (Å²) in [5, 5.41) is 14.4. The number of carbonyl (C=O) groups is 1. The second-order valence-electron chi connectivity index (χ2n) is 7.92. The lowest BCUT2D eigenvalue weighted by atomic mass is 10.2. The lowest BCUT2D eigenvalue weighted by molar-refractivity contribution is -0.384.